The van der Waals surface area contributed by atoms with E-state index >= 15 is 0 Å². The molecule has 0 fully saturated rings. The second kappa shape index (κ2) is 11.9. The van der Waals surface area contributed by atoms with Crippen molar-refractivity contribution in [3.63, 3.8) is 0 Å². The van der Waals surface area contributed by atoms with Crippen molar-refractivity contribution in [3.05, 3.63) is 71.3 Å². The van der Waals surface area contributed by atoms with Crippen LogP contribution in [0.1, 0.15) is 55.6 Å². The van der Waals surface area contributed by atoms with Gasteiger partial charge in [0.05, 0.1) is 6.42 Å². The van der Waals surface area contributed by atoms with Gasteiger partial charge in [-0.05, 0) is 42.5 Å². The van der Waals surface area contributed by atoms with E-state index in [4.69, 9.17) is 0 Å². The van der Waals surface area contributed by atoms with E-state index in [0.29, 0.717) is 5.56 Å². The molecular formula is C25H33N3O3. The van der Waals surface area contributed by atoms with Gasteiger partial charge in [0.25, 0.3) is 5.91 Å². The van der Waals surface area contributed by atoms with E-state index in [1.165, 1.54) is 0 Å². The summed E-state index contributed by atoms with van der Waals surface area (Å²) in [6, 6.07) is 16.1. The van der Waals surface area contributed by atoms with Crippen molar-refractivity contribution in [2.24, 2.45) is 5.92 Å². The van der Waals surface area contributed by atoms with Crippen LogP contribution in [0.2, 0.25) is 0 Å². The second-order valence-corrected chi connectivity index (χ2v) is 8.15. The lowest BCUT2D eigenvalue weighted by molar-refractivity contribution is -0.129. The van der Waals surface area contributed by atoms with Crippen LogP contribution in [0.15, 0.2) is 54.6 Å². The minimum absolute atomic E-state index is 0.0626. The topological polar surface area (TPSA) is 87.3 Å². The maximum Gasteiger partial charge on any atom is 0.251 e. The summed E-state index contributed by atoms with van der Waals surface area (Å²) in [6.45, 7) is 8.04. The minimum atomic E-state index is -0.631. The molecule has 0 saturated carbocycles. The molecule has 6 heteroatoms. The zero-order chi connectivity index (χ0) is 22.8. The fraction of sp³-hybridized carbons (Fsp3) is 0.400. The van der Waals surface area contributed by atoms with E-state index in [0.717, 1.165) is 17.5 Å². The molecular weight excluding hydrogens is 390 g/mol. The molecule has 3 N–H and O–H groups in total. The van der Waals surface area contributed by atoms with Gasteiger partial charge in [-0.25, -0.2) is 0 Å². The molecule has 0 bridgehead atoms. The van der Waals surface area contributed by atoms with E-state index in [9.17, 15) is 14.4 Å². The molecule has 3 amide bonds. The molecule has 0 aliphatic heterocycles. The quantitative estimate of drug-likeness (QED) is 0.548. The molecule has 0 radical (unpaired) electrons. The average Bonchev–Trinajstić information content (AvgIpc) is 2.76. The third-order valence-electron chi connectivity index (χ3n) is 5.12. The van der Waals surface area contributed by atoms with E-state index in [1.807, 2.05) is 64.1 Å². The highest BCUT2D eigenvalue weighted by molar-refractivity contribution is 5.94. The zero-order valence-electron chi connectivity index (χ0n) is 18.8. The van der Waals surface area contributed by atoms with E-state index in [-0.39, 0.29) is 42.6 Å². The maximum atomic E-state index is 12.7. The highest BCUT2D eigenvalue weighted by atomic mass is 16.2. The zero-order valence-corrected chi connectivity index (χ0v) is 18.8. The standard InChI is InChI=1S/C25H33N3O3/c1-5-18(4)27-24(30)21-13-9-12-20(14-21)16-26-25(31)23(17(2)3)28-22(29)15-19-10-7-6-8-11-19/h6-14,17-18,23H,5,15-16H2,1-4H3,(H,26,31)(H,27,30)(H,28,29). The van der Waals surface area contributed by atoms with Gasteiger partial charge in [0.1, 0.15) is 6.04 Å². The van der Waals surface area contributed by atoms with Gasteiger partial charge in [-0.1, -0.05) is 63.2 Å². The van der Waals surface area contributed by atoms with E-state index in [1.54, 1.807) is 18.2 Å². The van der Waals surface area contributed by atoms with Gasteiger partial charge in [0.2, 0.25) is 11.8 Å². The monoisotopic (exact) mass is 423 g/mol. The summed E-state index contributed by atoms with van der Waals surface area (Å²) in [5.41, 5.74) is 2.28. The number of hydrogen-bond acceptors (Lipinski definition) is 3. The lowest BCUT2D eigenvalue weighted by Crippen LogP contribution is -2.49. The molecule has 31 heavy (non-hydrogen) atoms. The van der Waals surface area contributed by atoms with Crippen LogP contribution in [0.25, 0.3) is 0 Å². The van der Waals surface area contributed by atoms with Crippen LogP contribution in [-0.2, 0) is 22.6 Å². The molecule has 2 rings (SSSR count). The molecule has 2 unspecified atom stereocenters. The second-order valence-electron chi connectivity index (χ2n) is 8.15. The summed E-state index contributed by atoms with van der Waals surface area (Å²) < 4.78 is 0. The molecule has 0 aliphatic rings. The third kappa shape index (κ3) is 7.89. The van der Waals surface area contributed by atoms with Crippen LogP contribution in [0.4, 0.5) is 0 Å². The predicted octanol–water partition coefficient (Wildman–Crippen LogP) is 3.21. The predicted molar refractivity (Wildman–Crippen MR) is 122 cm³/mol. The summed E-state index contributed by atoms with van der Waals surface area (Å²) in [5.74, 6) is -0.627. The van der Waals surface area contributed by atoms with Crippen molar-refractivity contribution in [3.8, 4) is 0 Å². The Morgan fingerprint density at radius 3 is 2.19 bits per heavy atom. The Bertz CT molecular complexity index is 881. The SMILES string of the molecule is CCC(C)NC(=O)c1cccc(CNC(=O)C(NC(=O)Cc2ccccc2)C(C)C)c1. The maximum absolute atomic E-state index is 12.7. The number of hydrogen-bond donors (Lipinski definition) is 3. The Balaban J connectivity index is 1.95. The summed E-state index contributed by atoms with van der Waals surface area (Å²) in [7, 11) is 0. The molecule has 2 atom stereocenters. The van der Waals surface area contributed by atoms with Gasteiger partial charge in [0, 0.05) is 18.2 Å². The first-order valence-corrected chi connectivity index (χ1v) is 10.8. The summed E-state index contributed by atoms with van der Waals surface area (Å²) >= 11 is 0. The number of amides is 3. The highest BCUT2D eigenvalue weighted by Gasteiger charge is 2.24. The van der Waals surface area contributed by atoms with E-state index in [2.05, 4.69) is 16.0 Å². The van der Waals surface area contributed by atoms with Crippen molar-refractivity contribution in [1.29, 1.82) is 0 Å². The molecule has 0 aromatic heterocycles. The van der Waals surface area contributed by atoms with Gasteiger partial charge in [-0.2, -0.15) is 0 Å². The number of nitrogens with one attached hydrogen (secondary N) is 3. The van der Waals surface area contributed by atoms with Gasteiger partial charge in [-0.3, -0.25) is 14.4 Å². The number of carbonyl (C=O) groups is 3. The molecule has 0 spiro atoms. The first-order chi connectivity index (χ1) is 14.8. The molecule has 2 aromatic rings. The molecule has 2 aromatic carbocycles. The van der Waals surface area contributed by atoms with Gasteiger partial charge < -0.3 is 16.0 Å². The van der Waals surface area contributed by atoms with Crippen molar-refractivity contribution < 1.29 is 14.4 Å². The molecule has 0 aliphatic carbocycles. The van der Waals surface area contributed by atoms with Crippen LogP contribution >= 0.6 is 0 Å². The molecule has 0 heterocycles. The van der Waals surface area contributed by atoms with Crippen LogP contribution in [-0.4, -0.2) is 29.8 Å². The highest BCUT2D eigenvalue weighted by Crippen LogP contribution is 2.08. The average molecular weight is 424 g/mol. The van der Waals surface area contributed by atoms with Crippen LogP contribution in [0.5, 0.6) is 0 Å². The van der Waals surface area contributed by atoms with Crippen molar-refractivity contribution in [2.75, 3.05) is 0 Å². The fourth-order valence-electron chi connectivity index (χ4n) is 3.07. The van der Waals surface area contributed by atoms with Crippen LogP contribution < -0.4 is 16.0 Å². The molecule has 0 saturated heterocycles. The van der Waals surface area contributed by atoms with Crippen LogP contribution in [0, 0.1) is 5.92 Å². The van der Waals surface area contributed by atoms with Crippen molar-refractivity contribution >= 4 is 17.7 Å². The Morgan fingerprint density at radius 1 is 0.871 bits per heavy atom. The van der Waals surface area contributed by atoms with Crippen molar-refractivity contribution in [1.82, 2.24) is 16.0 Å². The lowest BCUT2D eigenvalue weighted by atomic mass is 10.0. The molecule has 6 nitrogen and oxygen atoms in total. The smallest absolute Gasteiger partial charge is 0.251 e. The fourth-order valence-corrected chi connectivity index (χ4v) is 3.07. The van der Waals surface area contributed by atoms with Gasteiger partial charge >= 0.3 is 0 Å². The summed E-state index contributed by atoms with van der Waals surface area (Å²) in [5, 5.41) is 8.66. The van der Waals surface area contributed by atoms with Crippen LogP contribution in [0.3, 0.4) is 0 Å². The normalized spacial score (nSPS) is 12.7. The minimum Gasteiger partial charge on any atom is -0.350 e. The molecule has 166 valence electrons. The van der Waals surface area contributed by atoms with Crippen molar-refractivity contribution in [2.45, 2.75) is 59.2 Å². The number of carbonyl (C=O) groups excluding carboxylic acids is 3. The lowest BCUT2D eigenvalue weighted by Gasteiger charge is -2.22. The Hall–Kier alpha value is -3.15. The Morgan fingerprint density at radius 2 is 1.55 bits per heavy atom. The first-order valence-electron chi connectivity index (χ1n) is 10.8. The Kier molecular flexibility index (Phi) is 9.25. The number of rotatable bonds is 10. The summed E-state index contributed by atoms with van der Waals surface area (Å²) in [6.07, 6.45) is 1.08. The number of benzene rings is 2. The first kappa shape index (κ1) is 24.1. The van der Waals surface area contributed by atoms with Gasteiger partial charge in [0.15, 0.2) is 0 Å². The Labute approximate surface area is 184 Å². The summed E-state index contributed by atoms with van der Waals surface area (Å²) in [4.78, 5) is 37.5. The largest absolute Gasteiger partial charge is 0.350 e. The van der Waals surface area contributed by atoms with Gasteiger partial charge in [-0.15, -0.1) is 0 Å². The van der Waals surface area contributed by atoms with E-state index < -0.39 is 6.04 Å². The third-order valence-corrected chi connectivity index (χ3v) is 5.12.